The van der Waals surface area contributed by atoms with Crippen molar-refractivity contribution in [1.82, 2.24) is 0 Å². The number of rotatable bonds is 0. The van der Waals surface area contributed by atoms with Crippen LogP contribution in [-0.4, -0.2) is 0 Å². The Bertz CT molecular complexity index is 322. The van der Waals surface area contributed by atoms with Crippen LogP contribution in [0.3, 0.4) is 0 Å². The minimum Gasteiger partial charge on any atom is -0.118 e. The predicted molar refractivity (Wildman–Crippen MR) is 60.4 cm³/mol. The molecule has 0 spiro atoms. The summed E-state index contributed by atoms with van der Waals surface area (Å²) in [6.45, 7) is 2.27. The molecule has 2 atom stereocenters. The molecule has 1 aliphatic rings. The van der Waals surface area contributed by atoms with E-state index in [0.717, 1.165) is 10.9 Å². The van der Waals surface area contributed by atoms with Gasteiger partial charge in [0.15, 0.2) is 0 Å². The maximum absolute atomic E-state index is 6.26. The molecular formula is C11H12BrCl. The topological polar surface area (TPSA) is 0 Å². The lowest BCUT2D eigenvalue weighted by molar-refractivity contribution is 0.578. The standard InChI is InChI=1S/C11H12BrCl/c1-7-2-5-11(13)10-6-8(12)3-4-9(7)10/h3-4,6-7,11H,2,5H2,1H3. The molecule has 0 saturated heterocycles. The highest BCUT2D eigenvalue weighted by molar-refractivity contribution is 9.10. The summed E-state index contributed by atoms with van der Waals surface area (Å²) < 4.78 is 1.13. The van der Waals surface area contributed by atoms with Crippen LogP contribution in [0.1, 0.15) is 42.2 Å². The normalized spacial score (nSPS) is 27.0. The smallest absolute Gasteiger partial charge is 0.0588 e. The van der Waals surface area contributed by atoms with Gasteiger partial charge < -0.3 is 0 Å². The van der Waals surface area contributed by atoms with E-state index in [4.69, 9.17) is 11.6 Å². The molecular weight excluding hydrogens is 247 g/mol. The van der Waals surface area contributed by atoms with Gasteiger partial charge in [0.2, 0.25) is 0 Å². The van der Waals surface area contributed by atoms with Gasteiger partial charge in [-0.05, 0) is 42.0 Å². The Morgan fingerprint density at radius 1 is 1.31 bits per heavy atom. The molecule has 0 heterocycles. The van der Waals surface area contributed by atoms with E-state index in [1.807, 2.05) is 0 Å². The zero-order chi connectivity index (χ0) is 9.42. The molecule has 0 radical (unpaired) electrons. The predicted octanol–water partition coefficient (Wildman–Crippen LogP) is 4.63. The third-order valence-electron chi connectivity index (χ3n) is 2.77. The number of halogens is 2. The summed E-state index contributed by atoms with van der Waals surface area (Å²) in [5.41, 5.74) is 2.74. The molecule has 0 fully saturated rings. The van der Waals surface area contributed by atoms with Crippen molar-refractivity contribution in [3.05, 3.63) is 33.8 Å². The van der Waals surface area contributed by atoms with Gasteiger partial charge in [-0.15, -0.1) is 11.6 Å². The van der Waals surface area contributed by atoms with Gasteiger partial charge in [-0.25, -0.2) is 0 Å². The van der Waals surface area contributed by atoms with Crippen LogP contribution < -0.4 is 0 Å². The summed E-state index contributed by atoms with van der Waals surface area (Å²) in [6, 6.07) is 6.45. The number of benzene rings is 1. The summed E-state index contributed by atoms with van der Waals surface area (Å²) >= 11 is 9.74. The highest BCUT2D eigenvalue weighted by Gasteiger charge is 2.22. The zero-order valence-electron chi connectivity index (χ0n) is 7.56. The van der Waals surface area contributed by atoms with Crippen molar-refractivity contribution in [2.75, 3.05) is 0 Å². The van der Waals surface area contributed by atoms with Crippen molar-refractivity contribution in [2.45, 2.75) is 31.1 Å². The van der Waals surface area contributed by atoms with Gasteiger partial charge in [0.1, 0.15) is 0 Å². The second-order valence-corrected chi connectivity index (χ2v) is 5.16. The molecule has 2 rings (SSSR count). The van der Waals surface area contributed by atoms with Crippen LogP contribution in [0.15, 0.2) is 22.7 Å². The highest BCUT2D eigenvalue weighted by atomic mass is 79.9. The Kier molecular flexibility index (Phi) is 2.66. The van der Waals surface area contributed by atoms with E-state index in [9.17, 15) is 0 Å². The first-order valence-electron chi connectivity index (χ1n) is 4.62. The fourth-order valence-corrected chi connectivity index (χ4v) is 2.67. The maximum Gasteiger partial charge on any atom is 0.0588 e. The average molecular weight is 260 g/mol. The Morgan fingerprint density at radius 3 is 2.85 bits per heavy atom. The highest BCUT2D eigenvalue weighted by Crippen LogP contribution is 2.41. The fourth-order valence-electron chi connectivity index (χ4n) is 1.97. The van der Waals surface area contributed by atoms with Crippen molar-refractivity contribution < 1.29 is 0 Å². The van der Waals surface area contributed by atoms with E-state index in [-0.39, 0.29) is 5.38 Å². The number of hydrogen-bond acceptors (Lipinski definition) is 0. The molecule has 0 saturated carbocycles. The molecule has 0 aliphatic heterocycles. The van der Waals surface area contributed by atoms with Crippen molar-refractivity contribution >= 4 is 27.5 Å². The molecule has 1 aliphatic carbocycles. The molecule has 0 amide bonds. The van der Waals surface area contributed by atoms with E-state index in [2.05, 4.69) is 41.1 Å². The first-order valence-corrected chi connectivity index (χ1v) is 5.85. The van der Waals surface area contributed by atoms with Gasteiger partial charge in [-0.1, -0.05) is 28.9 Å². The minimum atomic E-state index is 0.212. The quantitative estimate of drug-likeness (QED) is 0.596. The second-order valence-electron chi connectivity index (χ2n) is 3.72. The van der Waals surface area contributed by atoms with Crippen LogP contribution in [0, 0.1) is 0 Å². The monoisotopic (exact) mass is 258 g/mol. The largest absolute Gasteiger partial charge is 0.118 e. The lowest BCUT2D eigenvalue weighted by Gasteiger charge is -2.26. The molecule has 70 valence electrons. The Hall–Kier alpha value is -0.0100. The van der Waals surface area contributed by atoms with Gasteiger partial charge in [0, 0.05) is 4.47 Å². The summed E-state index contributed by atoms with van der Waals surface area (Å²) in [5.74, 6) is 0.665. The lowest BCUT2D eigenvalue weighted by Crippen LogP contribution is -2.08. The van der Waals surface area contributed by atoms with Crippen molar-refractivity contribution in [3.63, 3.8) is 0 Å². The van der Waals surface area contributed by atoms with E-state index < -0.39 is 0 Å². The first-order chi connectivity index (χ1) is 6.18. The average Bonchev–Trinajstić information content (AvgIpc) is 2.12. The van der Waals surface area contributed by atoms with E-state index in [1.165, 1.54) is 17.5 Å². The number of fused-ring (bicyclic) bond motifs is 1. The van der Waals surface area contributed by atoms with Gasteiger partial charge in [0.05, 0.1) is 5.38 Å². The Labute approximate surface area is 92.4 Å². The van der Waals surface area contributed by atoms with Crippen LogP contribution in [0.2, 0.25) is 0 Å². The number of hydrogen-bond donors (Lipinski definition) is 0. The van der Waals surface area contributed by atoms with Gasteiger partial charge in [0.25, 0.3) is 0 Å². The summed E-state index contributed by atoms with van der Waals surface area (Å²) in [5, 5.41) is 0.212. The molecule has 0 nitrogen and oxygen atoms in total. The minimum absolute atomic E-state index is 0.212. The number of alkyl halides is 1. The van der Waals surface area contributed by atoms with Crippen molar-refractivity contribution in [3.8, 4) is 0 Å². The molecule has 1 aromatic rings. The van der Waals surface area contributed by atoms with Crippen molar-refractivity contribution in [2.24, 2.45) is 0 Å². The van der Waals surface area contributed by atoms with Crippen LogP contribution >= 0.6 is 27.5 Å². The third kappa shape index (κ3) is 1.77. The molecule has 0 bridgehead atoms. The SMILES string of the molecule is CC1CCC(Cl)c2cc(Br)ccc21. The summed E-state index contributed by atoms with van der Waals surface area (Å²) in [4.78, 5) is 0. The molecule has 0 N–H and O–H groups in total. The Morgan fingerprint density at radius 2 is 2.08 bits per heavy atom. The van der Waals surface area contributed by atoms with E-state index in [0.29, 0.717) is 5.92 Å². The van der Waals surface area contributed by atoms with Gasteiger partial charge in [-0.3, -0.25) is 0 Å². The molecule has 0 aromatic heterocycles. The molecule has 1 aromatic carbocycles. The van der Waals surface area contributed by atoms with Gasteiger partial charge in [-0.2, -0.15) is 0 Å². The van der Waals surface area contributed by atoms with Crippen LogP contribution in [-0.2, 0) is 0 Å². The zero-order valence-corrected chi connectivity index (χ0v) is 9.90. The molecule has 13 heavy (non-hydrogen) atoms. The van der Waals surface area contributed by atoms with Crippen LogP contribution in [0.4, 0.5) is 0 Å². The third-order valence-corrected chi connectivity index (χ3v) is 3.72. The lowest BCUT2D eigenvalue weighted by atomic mass is 9.84. The summed E-state index contributed by atoms with van der Waals surface area (Å²) in [7, 11) is 0. The first kappa shape index (κ1) is 9.54. The molecule has 2 heteroatoms. The van der Waals surface area contributed by atoms with Crippen LogP contribution in [0.25, 0.3) is 0 Å². The second kappa shape index (κ2) is 3.62. The van der Waals surface area contributed by atoms with E-state index >= 15 is 0 Å². The molecule has 2 unspecified atom stereocenters. The maximum atomic E-state index is 6.26. The van der Waals surface area contributed by atoms with E-state index in [1.54, 1.807) is 0 Å². The van der Waals surface area contributed by atoms with Crippen LogP contribution in [0.5, 0.6) is 0 Å². The fraction of sp³-hybridized carbons (Fsp3) is 0.455. The van der Waals surface area contributed by atoms with Crippen molar-refractivity contribution in [1.29, 1.82) is 0 Å². The summed E-state index contributed by atoms with van der Waals surface area (Å²) in [6.07, 6.45) is 2.31. The van der Waals surface area contributed by atoms with Gasteiger partial charge >= 0.3 is 0 Å². The Balaban J connectivity index is 2.50.